The van der Waals surface area contributed by atoms with Crippen LogP contribution in [0.3, 0.4) is 0 Å². The van der Waals surface area contributed by atoms with Crippen LogP contribution in [-0.4, -0.2) is 47.9 Å². The molecule has 1 aliphatic rings. The van der Waals surface area contributed by atoms with E-state index in [1.165, 1.54) is 44.5 Å². The van der Waals surface area contributed by atoms with Crippen molar-refractivity contribution in [3.8, 4) is 0 Å². The van der Waals surface area contributed by atoms with Crippen LogP contribution >= 0.6 is 0 Å². The van der Waals surface area contributed by atoms with Crippen LogP contribution in [0.4, 0.5) is 22.7 Å². The van der Waals surface area contributed by atoms with Crippen molar-refractivity contribution in [2.75, 3.05) is 36.8 Å². The van der Waals surface area contributed by atoms with E-state index in [1.54, 1.807) is 0 Å². The Kier molecular flexibility index (Phi) is 9.38. The summed E-state index contributed by atoms with van der Waals surface area (Å²) in [5, 5.41) is 7.51. The molecule has 0 unspecified atom stereocenters. The molecule has 6 heteroatoms. The van der Waals surface area contributed by atoms with E-state index in [2.05, 4.69) is 149 Å². The third kappa shape index (κ3) is 6.80. The van der Waals surface area contributed by atoms with E-state index in [4.69, 9.17) is 9.98 Å². The number of para-hydroxylation sites is 4. The van der Waals surface area contributed by atoms with Gasteiger partial charge >= 0.3 is 0 Å². The lowest BCUT2D eigenvalue weighted by Gasteiger charge is -2.38. The zero-order valence-corrected chi connectivity index (χ0v) is 27.5. The number of guanidine groups is 2. The standard InChI is InChI=1S/C38H46N6/c1-25-13-9-14-26(2)33(25)39-37(40-34-27(3)15-10-16-28(34)4)43-21-23-44(24-22-43)38(41-35-29(5)17-11-18-30(35)6)42-36-31(7)19-12-20-32(36)8/h9-20H,21-24H2,1-8H3,(H,39,40)(H,41,42). The van der Waals surface area contributed by atoms with E-state index in [-0.39, 0.29) is 0 Å². The average Bonchev–Trinajstić information content (AvgIpc) is 2.99. The number of anilines is 2. The molecule has 0 radical (unpaired) electrons. The van der Waals surface area contributed by atoms with Crippen LogP contribution in [0.1, 0.15) is 44.5 Å². The van der Waals surface area contributed by atoms with Gasteiger partial charge in [0, 0.05) is 37.6 Å². The number of piperazine rings is 1. The predicted molar refractivity (Wildman–Crippen MR) is 188 cm³/mol. The van der Waals surface area contributed by atoms with Crippen LogP contribution in [-0.2, 0) is 0 Å². The Morgan fingerprint density at radius 3 is 0.955 bits per heavy atom. The molecule has 44 heavy (non-hydrogen) atoms. The number of nitrogens with zero attached hydrogens (tertiary/aromatic N) is 4. The molecule has 4 aromatic rings. The van der Waals surface area contributed by atoms with Gasteiger partial charge in [0.15, 0.2) is 0 Å². The average molecular weight is 587 g/mol. The predicted octanol–water partition coefficient (Wildman–Crippen LogP) is 8.67. The molecule has 0 bridgehead atoms. The Hall–Kier alpha value is -4.58. The van der Waals surface area contributed by atoms with Crippen molar-refractivity contribution in [2.24, 2.45) is 9.98 Å². The molecule has 1 fully saturated rings. The summed E-state index contributed by atoms with van der Waals surface area (Å²) in [6.45, 7) is 20.4. The number of hydrogen-bond acceptors (Lipinski definition) is 2. The molecule has 2 N–H and O–H groups in total. The van der Waals surface area contributed by atoms with Gasteiger partial charge < -0.3 is 20.4 Å². The molecule has 6 nitrogen and oxygen atoms in total. The van der Waals surface area contributed by atoms with Gasteiger partial charge in [0.2, 0.25) is 11.9 Å². The molecule has 0 saturated carbocycles. The van der Waals surface area contributed by atoms with Gasteiger partial charge in [0.25, 0.3) is 0 Å². The molecule has 0 amide bonds. The monoisotopic (exact) mass is 586 g/mol. The topological polar surface area (TPSA) is 55.3 Å². The quantitative estimate of drug-likeness (QED) is 0.186. The molecule has 0 spiro atoms. The number of aliphatic imine (C=N–C) groups is 2. The van der Waals surface area contributed by atoms with Crippen molar-refractivity contribution in [2.45, 2.75) is 55.4 Å². The largest absolute Gasteiger partial charge is 0.339 e. The molecule has 1 aliphatic heterocycles. The lowest BCUT2D eigenvalue weighted by atomic mass is 10.1. The lowest BCUT2D eigenvalue weighted by molar-refractivity contribution is 0.258. The number of hydrogen-bond donors (Lipinski definition) is 2. The first-order valence-corrected chi connectivity index (χ1v) is 15.6. The van der Waals surface area contributed by atoms with E-state index in [1.807, 2.05) is 0 Å². The summed E-state index contributed by atoms with van der Waals surface area (Å²) in [7, 11) is 0. The van der Waals surface area contributed by atoms with Crippen LogP contribution in [0, 0.1) is 55.4 Å². The summed E-state index contributed by atoms with van der Waals surface area (Å²) in [4.78, 5) is 15.3. The molecule has 0 aromatic heterocycles. The maximum Gasteiger partial charge on any atom is 0.203 e. The summed E-state index contributed by atoms with van der Waals surface area (Å²) in [6.07, 6.45) is 0. The number of benzene rings is 4. The van der Waals surface area contributed by atoms with Gasteiger partial charge in [0.05, 0.1) is 11.4 Å². The molecule has 4 aromatic carbocycles. The van der Waals surface area contributed by atoms with Crippen molar-refractivity contribution in [1.82, 2.24) is 9.80 Å². The van der Waals surface area contributed by atoms with Gasteiger partial charge in [0.1, 0.15) is 0 Å². The molecule has 0 atom stereocenters. The van der Waals surface area contributed by atoms with E-state index in [9.17, 15) is 0 Å². The molecule has 1 saturated heterocycles. The number of aryl methyl sites for hydroxylation is 8. The van der Waals surface area contributed by atoms with Crippen LogP contribution in [0.2, 0.25) is 0 Å². The third-order valence-electron chi connectivity index (χ3n) is 8.63. The minimum atomic E-state index is 0.807. The minimum Gasteiger partial charge on any atom is -0.339 e. The van der Waals surface area contributed by atoms with E-state index < -0.39 is 0 Å². The van der Waals surface area contributed by atoms with Crippen LogP contribution in [0.5, 0.6) is 0 Å². The van der Waals surface area contributed by atoms with Gasteiger partial charge in [-0.2, -0.15) is 0 Å². The highest BCUT2D eigenvalue weighted by Gasteiger charge is 2.25. The molecular weight excluding hydrogens is 540 g/mol. The fourth-order valence-corrected chi connectivity index (χ4v) is 5.91. The van der Waals surface area contributed by atoms with Gasteiger partial charge in [-0.1, -0.05) is 72.8 Å². The van der Waals surface area contributed by atoms with Crippen LogP contribution < -0.4 is 10.6 Å². The number of nitrogens with one attached hydrogen (secondary N) is 2. The van der Waals surface area contributed by atoms with E-state index in [0.717, 1.165) is 60.8 Å². The molecule has 0 aliphatic carbocycles. The second-order valence-electron chi connectivity index (χ2n) is 12.1. The Bertz CT molecular complexity index is 1500. The van der Waals surface area contributed by atoms with Crippen molar-refractivity contribution in [3.63, 3.8) is 0 Å². The van der Waals surface area contributed by atoms with E-state index >= 15 is 0 Å². The Balaban J connectivity index is 1.48. The summed E-state index contributed by atoms with van der Waals surface area (Å²) < 4.78 is 0. The zero-order valence-electron chi connectivity index (χ0n) is 27.5. The highest BCUT2D eigenvalue weighted by molar-refractivity contribution is 5.99. The van der Waals surface area contributed by atoms with Crippen molar-refractivity contribution in [3.05, 3.63) is 117 Å². The van der Waals surface area contributed by atoms with Gasteiger partial charge in [-0.25, -0.2) is 9.98 Å². The minimum absolute atomic E-state index is 0.807. The first-order valence-electron chi connectivity index (χ1n) is 15.6. The van der Waals surface area contributed by atoms with Gasteiger partial charge in [-0.05, 0) is 99.9 Å². The molecule has 228 valence electrons. The second kappa shape index (κ2) is 13.4. The van der Waals surface area contributed by atoms with Crippen molar-refractivity contribution < 1.29 is 0 Å². The summed E-state index contributed by atoms with van der Waals surface area (Å²) in [6, 6.07) is 25.6. The Labute approximate surface area is 263 Å². The summed E-state index contributed by atoms with van der Waals surface area (Å²) >= 11 is 0. The van der Waals surface area contributed by atoms with Crippen LogP contribution in [0.25, 0.3) is 0 Å². The normalized spacial score (nSPS) is 14.2. The van der Waals surface area contributed by atoms with Crippen molar-refractivity contribution >= 4 is 34.7 Å². The second-order valence-corrected chi connectivity index (χ2v) is 12.1. The van der Waals surface area contributed by atoms with Gasteiger partial charge in [-0.3, -0.25) is 0 Å². The maximum absolute atomic E-state index is 5.28. The maximum atomic E-state index is 5.28. The third-order valence-corrected chi connectivity index (χ3v) is 8.63. The summed E-state index contributed by atoms with van der Waals surface area (Å²) in [5.74, 6) is 1.77. The van der Waals surface area contributed by atoms with E-state index in [0.29, 0.717) is 0 Å². The SMILES string of the molecule is Cc1cccc(C)c1N=C(Nc1c(C)cccc1C)N1CCN(C(=Nc2c(C)cccc2C)Nc2c(C)cccc2C)CC1. The fourth-order valence-electron chi connectivity index (χ4n) is 5.91. The first kappa shape index (κ1) is 30.9. The Morgan fingerprint density at radius 2 is 0.682 bits per heavy atom. The fraction of sp³-hybridized carbons (Fsp3) is 0.316. The lowest BCUT2D eigenvalue weighted by Crippen LogP contribution is -2.53. The van der Waals surface area contributed by atoms with Crippen LogP contribution in [0.15, 0.2) is 82.8 Å². The number of rotatable bonds is 4. The highest BCUT2D eigenvalue weighted by Crippen LogP contribution is 2.28. The van der Waals surface area contributed by atoms with Crippen molar-refractivity contribution in [1.29, 1.82) is 0 Å². The smallest absolute Gasteiger partial charge is 0.203 e. The highest BCUT2D eigenvalue weighted by atomic mass is 15.4. The summed E-state index contributed by atoms with van der Waals surface area (Å²) in [5.41, 5.74) is 13.8. The Morgan fingerprint density at radius 1 is 0.432 bits per heavy atom. The molecular formula is C38H46N6. The molecule has 5 rings (SSSR count). The zero-order chi connectivity index (χ0) is 31.4. The first-order chi connectivity index (χ1) is 21.1. The molecule has 1 heterocycles. The van der Waals surface area contributed by atoms with Gasteiger partial charge in [-0.15, -0.1) is 0 Å².